The lowest BCUT2D eigenvalue weighted by Crippen LogP contribution is -2.46. The number of fused-ring (bicyclic) bond motifs is 1. The van der Waals surface area contributed by atoms with E-state index in [4.69, 9.17) is 9.84 Å². The number of nitrogens with zero attached hydrogens (tertiary/aromatic N) is 1. The number of amides is 2. The summed E-state index contributed by atoms with van der Waals surface area (Å²) in [4.78, 5) is 34.7. The van der Waals surface area contributed by atoms with Gasteiger partial charge in [-0.1, -0.05) is 6.07 Å². The number of anilines is 1. The van der Waals surface area contributed by atoms with Crippen molar-refractivity contribution in [2.24, 2.45) is 0 Å². The van der Waals surface area contributed by atoms with Gasteiger partial charge in [0.2, 0.25) is 0 Å². The van der Waals surface area contributed by atoms with E-state index in [0.717, 1.165) is 5.56 Å². The smallest absolute Gasteiger partial charge is 0.395 e. The van der Waals surface area contributed by atoms with Crippen LogP contribution in [0.25, 0.3) is 0 Å². The molecule has 0 bridgehead atoms. The third-order valence-electron chi connectivity index (χ3n) is 2.63. The van der Waals surface area contributed by atoms with Crippen molar-refractivity contribution in [1.82, 2.24) is 5.32 Å². The third kappa shape index (κ3) is 2.41. The van der Waals surface area contributed by atoms with Crippen LogP contribution in [0.4, 0.5) is 5.69 Å². The Bertz CT molecular complexity index is 555. The number of nitrogens with one attached hydrogen (secondary N) is 1. The van der Waals surface area contributed by atoms with Crippen LogP contribution in [0.2, 0.25) is 0 Å². The number of hydrogen-bond acceptors (Lipinski definition) is 5. The molecule has 0 atom stereocenters. The molecule has 7 nitrogen and oxygen atoms in total. The van der Waals surface area contributed by atoms with Crippen molar-refractivity contribution >= 4 is 23.5 Å². The van der Waals surface area contributed by atoms with Gasteiger partial charge in [-0.25, -0.2) is 9.69 Å². The number of hydrogen-bond donors (Lipinski definition) is 2. The molecule has 2 amide bonds. The minimum absolute atomic E-state index is 0.163. The van der Waals surface area contributed by atoms with E-state index in [1.54, 1.807) is 25.2 Å². The largest absolute Gasteiger partial charge is 0.482 e. The summed E-state index contributed by atoms with van der Waals surface area (Å²) in [6.45, 7) is 0.175. The van der Waals surface area contributed by atoms with E-state index in [2.05, 4.69) is 5.32 Å². The number of imide groups is 1. The van der Waals surface area contributed by atoms with Gasteiger partial charge in [0.25, 0.3) is 5.91 Å². The summed E-state index contributed by atoms with van der Waals surface area (Å²) in [5, 5.41) is 11.7. The molecule has 2 rings (SSSR count). The lowest BCUT2D eigenvalue weighted by atomic mass is 10.1. The normalized spacial score (nSPS) is 13.7. The van der Waals surface area contributed by atoms with Gasteiger partial charge in [0.1, 0.15) is 5.75 Å². The number of carbonyl (C=O) groups is 3. The summed E-state index contributed by atoms with van der Waals surface area (Å²) < 4.78 is 5.17. The van der Waals surface area contributed by atoms with Crippen molar-refractivity contribution in [3.05, 3.63) is 23.8 Å². The van der Waals surface area contributed by atoms with Gasteiger partial charge < -0.3 is 15.2 Å². The predicted molar refractivity (Wildman–Crippen MR) is 64.8 cm³/mol. The summed E-state index contributed by atoms with van der Waals surface area (Å²) in [6.07, 6.45) is 0. The van der Waals surface area contributed by atoms with Crippen LogP contribution in [0.15, 0.2) is 18.2 Å². The highest BCUT2D eigenvalue weighted by atomic mass is 16.5. The standard InChI is InChI=1S/C12H12N2O5/c1-13-5-7-2-3-9-8(4-7)14(10(15)6-19-9)11(16)12(17)18/h2-4,13H,5-6H2,1H3,(H,17,18). The maximum atomic E-state index is 11.7. The molecule has 2 N–H and O–H groups in total. The van der Waals surface area contributed by atoms with Crippen LogP contribution in [0.5, 0.6) is 5.75 Å². The van der Waals surface area contributed by atoms with Crippen molar-refractivity contribution in [2.75, 3.05) is 18.6 Å². The average Bonchev–Trinajstić information content (AvgIpc) is 2.38. The van der Waals surface area contributed by atoms with Gasteiger partial charge in [0.15, 0.2) is 6.61 Å². The molecular formula is C12H12N2O5. The van der Waals surface area contributed by atoms with Crippen LogP contribution in [-0.4, -0.2) is 36.5 Å². The Morgan fingerprint density at radius 3 is 2.84 bits per heavy atom. The minimum Gasteiger partial charge on any atom is -0.482 e. The van der Waals surface area contributed by atoms with Crippen molar-refractivity contribution in [1.29, 1.82) is 0 Å². The number of carboxylic acids is 1. The van der Waals surface area contributed by atoms with E-state index in [-0.39, 0.29) is 12.3 Å². The quantitative estimate of drug-likeness (QED) is 0.715. The second kappa shape index (κ2) is 5.07. The number of rotatable bonds is 2. The molecule has 19 heavy (non-hydrogen) atoms. The number of carbonyl (C=O) groups excluding carboxylic acids is 2. The van der Waals surface area contributed by atoms with Crippen molar-refractivity contribution in [2.45, 2.75) is 6.54 Å². The number of aliphatic carboxylic acids is 1. The van der Waals surface area contributed by atoms with Gasteiger partial charge in [0.05, 0.1) is 5.69 Å². The fourth-order valence-electron chi connectivity index (χ4n) is 1.83. The summed E-state index contributed by atoms with van der Waals surface area (Å²) in [5.74, 6) is -3.34. The molecule has 1 aromatic rings. The van der Waals surface area contributed by atoms with E-state index >= 15 is 0 Å². The average molecular weight is 264 g/mol. The first-order valence-electron chi connectivity index (χ1n) is 5.55. The molecule has 0 aromatic heterocycles. The fraction of sp³-hybridized carbons (Fsp3) is 0.250. The van der Waals surface area contributed by atoms with Crippen molar-refractivity contribution in [3.8, 4) is 5.75 Å². The zero-order valence-electron chi connectivity index (χ0n) is 10.2. The molecule has 0 unspecified atom stereocenters. The minimum atomic E-state index is -1.68. The maximum Gasteiger partial charge on any atom is 0.395 e. The first kappa shape index (κ1) is 13.0. The first-order valence-corrected chi connectivity index (χ1v) is 5.55. The van der Waals surface area contributed by atoms with Crippen LogP contribution < -0.4 is 15.0 Å². The molecule has 0 spiro atoms. The Hall–Kier alpha value is -2.41. The maximum absolute atomic E-state index is 11.7. The molecule has 1 heterocycles. The van der Waals surface area contributed by atoms with Crippen LogP contribution in [0, 0.1) is 0 Å². The van der Waals surface area contributed by atoms with Crippen molar-refractivity contribution in [3.63, 3.8) is 0 Å². The fourth-order valence-corrected chi connectivity index (χ4v) is 1.83. The summed E-state index contributed by atoms with van der Waals surface area (Å²) >= 11 is 0. The molecule has 0 radical (unpaired) electrons. The zero-order chi connectivity index (χ0) is 14.0. The highest BCUT2D eigenvalue weighted by Gasteiger charge is 2.34. The lowest BCUT2D eigenvalue weighted by molar-refractivity contribution is -0.150. The van der Waals surface area contributed by atoms with Gasteiger partial charge in [-0.2, -0.15) is 0 Å². The Morgan fingerprint density at radius 1 is 1.47 bits per heavy atom. The lowest BCUT2D eigenvalue weighted by Gasteiger charge is -2.26. The van der Waals surface area contributed by atoms with Gasteiger partial charge in [-0.05, 0) is 24.7 Å². The van der Waals surface area contributed by atoms with Gasteiger partial charge in [0, 0.05) is 6.54 Å². The summed E-state index contributed by atoms with van der Waals surface area (Å²) in [7, 11) is 1.75. The Kier molecular flexibility index (Phi) is 3.48. The highest BCUT2D eigenvalue weighted by Crippen LogP contribution is 2.33. The molecule has 7 heteroatoms. The number of carboxylic acid groups (broad SMARTS) is 1. The molecule has 0 saturated heterocycles. The van der Waals surface area contributed by atoms with E-state index in [1.807, 2.05) is 0 Å². The molecule has 100 valence electrons. The second-order valence-corrected chi connectivity index (χ2v) is 3.96. The van der Waals surface area contributed by atoms with Crippen molar-refractivity contribution < 1.29 is 24.2 Å². The molecule has 0 aliphatic carbocycles. The Balaban J connectivity index is 2.46. The van der Waals surface area contributed by atoms with Crippen LogP contribution in [-0.2, 0) is 20.9 Å². The predicted octanol–water partition coefficient (Wildman–Crippen LogP) is -0.257. The first-order chi connectivity index (χ1) is 9.04. The van der Waals surface area contributed by atoms with Gasteiger partial charge in [-0.3, -0.25) is 9.59 Å². The zero-order valence-corrected chi connectivity index (χ0v) is 10.2. The third-order valence-corrected chi connectivity index (χ3v) is 2.63. The van der Waals surface area contributed by atoms with Gasteiger partial charge in [-0.15, -0.1) is 0 Å². The monoisotopic (exact) mass is 264 g/mol. The number of benzene rings is 1. The van der Waals surface area contributed by atoms with Gasteiger partial charge >= 0.3 is 11.9 Å². The van der Waals surface area contributed by atoms with Crippen LogP contribution in [0.1, 0.15) is 5.56 Å². The molecule has 0 saturated carbocycles. The Labute approximate surface area is 108 Å². The van der Waals surface area contributed by atoms with Crippen LogP contribution in [0.3, 0.4) is 0 Å². The molecule has 1 aliphatic rings. The van der Waals surface area contributed by atoms with E-state index in [1.165, 1.54) is 0 Å². The van der Waals surface area contributed by atoms with Crippen LogP contribution >= 0.6 is 0 Å². The summed E-state index contributed by atoms with van der Waals surface area (Å²) in [5.41, 5.74) is 0.971. The second-order valence-electron chi connectivity index (χ2n) is 3.96. The molecule has 1 aromatic carbocycles. The van der Waals surface area contributed by atoms with E-state index < -0.39 is 17.8 Å². The topological polar surface area (TPSA) is 95.9 Å². The van der Waals surface area contributed by atoms with E-state index in [0.29, 0.717) is 17.2 Å². The molecular weight excluding hydrogens is 252 g/mol. The summed E-state index contributed by atoms with van der Waals surface area (Å²) in [6, 6.07) is 4.94. The molecule has 0 fully saturated rings. The SMILES string of the molecule is CNCc1ccc2c(c1)N(C(=O)C(=O)O)C(=O)CO2. The number of ether oxygens (including phenoxy) is 1. The molecule has 1 aliphatic heterocycles. The Morgan fingerprint density at radius 2 is 2.21 bits per heavy atom. The van der Waals surface area contributed by atoms with E-state index in [9.17, 15) is 14.4 Å². The highest BCUT2D eigenvalue weighted by molar-refractivity contribution is 6.43.